The third kappa shape index (κ3) is 3.80. The van der Waals surface area contributed by atoms with Crippen molar-refractivity contribution in [2.75, 3.05) is 32.5 Å². The average molecular weight is 184 g/mol. The molecule has 0 aliphatic rings. The minimum absolute atomic E-state index is 0.557. The number of rotatable bonds is 4. The third-order valence-electron chi connectivity index (χ3n) is 1.49. The van der Waals surface area contributed by atoms with Gasteiger partial charge in [0.25, 0.3) is 0 Å². The minimum Gasteiger partial charge on any atom is -0.368 e. The monoisotopic (exact) mass is 184 g/mol. The Labute approximate surface area is 76.8 Å². The largest absolute Gasteiger partial charge is 0.368 e. The maximum Gasteiger partial charge on any atom is 0.231 e. The lowest BCUT2D eigenvalue weighted by Crippen LogP contribution is -2.21. The van der Waals surface area contributed by atoms with Crippen molar-refractivity contribution in [1.82, 2.24) is 14.9 Å². The highest BCUT2D eigenvalue weighted by atomic mass is 19.1. The van der Waals surface area contributed by atoms with Gasteiger partial charge in [-0.2, -0.15) is 4.39 Å². The molecule has 1 heterocycles. The van der Waals surface area contributed by atoms with Gasteiger partial charge in [0.05, 0.1) is 12.4 Å². The van der Waals surface area contributed by atoms with Crippen LogP contribution in [0.4, 0.5) is 10.2 Å². The Morgan fingerprint density at radius 2 is 2.15 bits per heavy atom. The Balaban J connectivity index is 2.33. The number of likely N-dealkylation sites (N-methyl/N-ethyl adjacent to an activating group) is 1. The van der Waals surface area contributed by atoms with Crippen LogP contribution in [0.5, 0.6) is 0 Å². The second-order valence-corrected chi connectivity index (χ2v) is 2.95. The van der Waals surface area contributed by atoms with Crippen molar-refractivity contribution in [1.29, 1.82) is 0 Å². The number of anilines is 1. The molecule has 0 aromatic carbocycles. The highest BCUT2D eigenvalue weighted by molar-refractivity contribution is 5.29. The highest BCUT2D eigenvalue weighted by Gasteiger charge is 1.95. The van der Waals surface area contributed by atoms with Crippen molar-refractivity contribution in [3.05, 3.63) is 18.3 Å². The van der Waals surface area contributed by atoms with Crippen LogP contribution in [0.25, 0.3) is 0 Å². The van der Waals surface area contributed by atoms with E-state index in [2.05, 4.69) is 15.3 Å². The van der Waals surface area contributed by atoms with Crippen LogP contribution in [0, 0.1) is 5.95 Å². The van der Waals surface area contributed by atoms with E-state index >= 15 is 0 Å². The number of hydrogen-bond donors (Lipinski definition) is 1. The molecule has 0 aliphatic carbocycles. The Kier molecular flexibility index (Phi) is 3.57. The van der Waals surface area contributed by atoms with Crippen molar-refractivity contribution in [2.24, 2.45) is 0 Å². The SMILES string of the molecule is CN(C)CCNc1cnc(F)cn1. The molecule has 0 atom stereocenters. The van der Waals surface area contributed by atoms with Crippen molar-refractivity contribution < 1.29 is 4.39 Å². The molecule has 0 bridgehead atoms. The molecule has 0 radical (unpaired) electrons. The van der Waals surface area contributed by atoms with E-state index in [4.69, 9.17) is 0 Å². The van der Waals surface area contributed by atoms with Gasteiger partial charge >= 0.3 is 0 Å². The number of aromatic nitrogens is 2. The van der Waals surface area contributed by atoms with Gasteiger partial charge in [0, 0.05) is 13.1 Å². The van der Waals surface area contributed by atoms with E-state index in [1.165, 1.54) is 6.20 Å². The first-order chi connectivity index (χ1) is 6.18. The fourth-order valence-corrected chi connectivity index (χ4v) is 0.811. The predicted octanol–water partition coefficient (Wildman–Crippen LogP) is 0.589. The molecule has 0 saturated carbocycles. The van der Waals surface area contributed by atoms with Gasteiger partial charge in [-0.05, 0) is 14.1 Å². The standard InChI is InChI=1S/C8H13FN4/c1-13(2)4-3-10-8-6-11-7(9)5-12-8/h5-6H,3-4H2,1-2H3,(H,10,12). The van der Waals surface area contributed by atoms with Crippen molar-refractivity contribution in [3.8, 4) is 0 Å². The Morgan fingerprint density at radius 3 is 2.69 bits per heavy atom. The van der Waals surface area contributed by atoms with Crippen molar-refractivity contribution >= 4 is 5.82 Å². The first-order valence-electron chi connectivity index (χ1n) is 4.04. The van der Waals surface area contributed by atoms with Crippen LogP contribution in [0.2, 0.25) is 0 Å². The number of hydrogen-bond acceptors (Lipinski definition) is 4. The van der Waals surface area contributed by atoms with Gasteiger partial charge in [0.15, 0.2) is 0 Å². The molecule has 13 heavy (non-hydrogen) atoms. The molecule has 0 spiro atoms. The zero-order valence-corrected chi connectivity index (χ0v) is 7.79. The van der Waals surface area contributed by atoms with E-state index in [1.54, 1.807) is 0 Å². The lowest BCUT2D eigenvalue weighted by atomic mass is 10.5. The lowest BCUT2D eigenvalue weighted by molar-refractivity contribution is 0.425. The first-order valence-corrected chi connectivity index (χ1v) is 4.04. The van der Waals surface area contributed by atoms with Crippen molar-refractivity contribution in [2.45, 2.75) is 0 Å². The minimum atomic E-state index is -0.557. The topological polar surface area (TPSA) is 41.0 Å². The Hall–Kier alpha value is -1.23. The van der Waals surface area contributed by atoms with Gasteiger partial charge in [0.2, 0.25) is 5.95 Å². The van der Waals surface area contributed by atoms with E-state index in [9.17, 15) is 4.39 Å². The summed E-state index contributed by atoms with van der Waals surface area (Å²) in [6, 6.07) is 0. The Morgan fingerprint density at radius 1 is 1.38 bits per heavy atom. The number of nitrogens with one attached hydrogen (secondary N) is 1. The summed E-state index contributed by atoms with van der Waals surface area (Å²) in [4.78, 5) is 9.33. The summed E-state index contributed by atoms with van der Waals surface area (Å²) in [6.45, 7) is 1.67. The summed E-state index contributed by atoms with van der Waals surface area (Å²) >= 11 is 0. The maximum atomic E-state index is 12.3. The van der Waals surface area contributed by atoms with Gasteiger partial charge in [0.1, 0.15) is 5.82 Å². The molecule has 1 aromatic rings. The predicted molar refractivity (Wildman–Crippen MR) is 49.0 cm³/mol. The summed E-state index contributed by atoms with van der Waals surface area (Å²) in [5.74, 6) is 0.0430. The zero-order valence-electron chi connectivity index (χ0n) is 7.79. The van der Waals surface area contributed by atoms with Gasteiger partial charge in [-0.3, -0.25) is 0 Å². The van der Waals surface area contributed by atoms with Crippen LogP contribution in [-0.4, -0.2) is 42.1 Å². The van der Waals surface area contributed by atoms with E-state index in [0.29, 0.717) is 5.82 Å². The molecule has 0 unspecified atom stereocenters. The second kappa shape index (κ2) is 4.71. The molecule has 0 fully saturated rings. The molecule has 0 saturated heterocycles. The summed E-state index contributed by atoms with van der Waals surface area (Å²) < 4.78 is 12.3. The fraction of sp³-hybridized carbons (Fsp3) is 0.500. The van der Waals surface area contributed by atoms with Gasteiger partial charge in [-0.1, -0.05) is 0 Å². The van der Waals surface area contributed by atoms with Crippen LogP contribution in [0.1, 0.15) is 0 Å². The van der Waals surface area contributed by atoms with Crippen LogP contribution in [-0.2, 0) is 0 Å². The van der Waals surface area contributed by atoms with Crippen LogP contribution in [0.3, 0.4) is 0 Å². The summed E-state index contributed by atoms with van der Waals surface area (Å²) in [5, 5.41) is 3.02. The highest BCUT2D eigenvalue weighted by Crippen LogP contribution is 1.98. The summed E-state index contributed by atoms with van der Waals surface area (Å²) in [6.07, 6.45) is 2.48. The second-order valence-electron chi connectivity index (χ2n) is 2.95. The molecule has 5 heteroatoms. The molecule has 1 N–H and O–H groups in total. The van der Waals surface area contributed by atoms with Gasteiger partial charge in [-0.25, -0.2) is 9.97 Å². The van der Waals surface area contributed by atoms with E-state index in [1.807, 2.05) is 19.0 Å². The number of nitrogens with zero attached hydrogens (tertiary/aromatic N) is 3. The molecule has 0 aliphatic heterocycles. The molecular formula is C8H13FN4. The average Bonchev–Trinajstić information content (AvgIpc) is 2.08. The van der Waals surface area contributed by atoms with Crippen molar-refractivity contribution in [3.63, 3.8) is 0 Å². The molecule has 72 valence electrons. The zero-order chi connectivity index (χ0) is 9.68. The number of halogens is 1. The maximum absolute atomic E-state index is 12.3. The van der Waals surface area contributed by atoms with Crippen LogP contribution < -0.4 is 5.32 Å². The third-order valence-corrected chi connectivity index (χ3v) is 1.49. The fourth-order valence-electron chi connectivity index (χ4n) is 0.811. The molecule has 4 nitrogen and oxygen atoms in total. The molecular weight excluding hydrogens is 171 g/mol. The molecule has 0 amide bonds. The summed E-state index contributed by atoms with van der Waals surface area (Å²) in [5.41, 5.74) is 0. The Bertz CT molecular complexity index is 247. The van der Waals surface area contributed by atoms with Crippen LogP contribution in [0.15, 0.2) is 12.4 Å². The van der Waals surface area contributed by atoms with E-state index < -0.39 is 5.95 Å². The molecule has 1 aromatic heterocycles. The van der Waals surface area contributed by atoms with Gasteiger partial charge in [-0.15, -0.1) is 0 Å². The smallest absolute Gasteiger partial charge is 0.231 e. The first kappa shape index (κ1) is 9.85. The molecule has 1 rings (SSSR count). The van der Waals surface area contributed by atoms with Gasteiger partial charge < -0.3 is 10.2 Å². The normalized spacial score (nSPS) is 10.5. The van der Waals surface area contributed by atoms with E-state index in [0.717, 1.165) is 19.3 Å². The summed E-state index contributed by atoms with van der Waals surface area (Å²) in [7, 11) is 3.97. The lowest BCUT2D eigenvalue weighted by Gasteiger charge is -2.09. The van der Waals surface area contributed by atoms with Crippen LogP contribution >= 0.6 is 0 Å². The van der Waals surface area contributed by atoms with E-state index in [-0.39, 0.29) is 0 Å². The quantitative estimate of drug-likeness (QED) is 0.743.